The highest BCUT2D eigenvalue weighted by molar-refractivity contribution is 8.18. The van der Waals surface area contributed by atoms with Crippen LogP contribution >= 0.6 is 11.8 Å². The van der Waals surface area contributed by atoms with Gasteiger partial charge in [-0.3, -0.25) is 9.69 Å². The molecule has 6 rings (SSSR count). The van der Waals surface area contributed by atoms with Gasteiger partial charge in [-0.1, -0.05) is 54.2 Å². The number of likely N-dealkylation sites (tertiary alicyclic amines) is 1. The quantitative estimate of drug-likeness (QED) is 0.201. The lowest BCUT2D eigenvalue weighted by atomic mass is 9.97. The number of hydrogen-bond donors (Lipinski definition) is 0. The van der Waals surface area contributed by atoms with Gasteiger partial charge in [0.05, 0.1) is 4.91 Å². The van der Waals surface area contributed by atoms with Crippen molar-refractivity contribution in [1.29, 1.82) is 0 Å². The molecule has 3 aromatic carbocycles. The second kappa shape index (κ2) is 12.3. The summed E-state index contributed by atoms with van der Waals surface area (Å²) in [4.78, 5) is 18.0. The van der Waals surface area contributed by atoms with Crippen molar-refractivity contribution in [2.75, 3.05) is 13.2 Å². The molecule has 0 N–H and O–H groups in total. The van der Waals surface area contributed by atoms with E-state index in [1.54, 1.807) is 6.08 Å². The molecule has 2 aliphatic heterocycles. The van der Waals surface area contributed by atoms with E-state index in [2.05, 4.69) is 49.7 Å². The van der Waals surface area contributed by atoms with Crippen molar-refractivity contribution in [3.05, 3.63) is 98.6 Å². The normalized spacial score (nSPS) is 18.1. The van der Waals surface area contributed by atoms with Crippen LogP contribution in [0.4, 0.5) is 0 Å². The third-order valence-electron chi connectivity index (χ3n) is 8.48. The first-order valence-corrected chi connectivity index (χ1v) is 15.4. The Morgan fingerprint density at radius 1 is 1.02 bits per heavy atom. The van der Waals surface area contributed by atoms with E-state index >= 15 is 0 Å². The summed E-state index contributed by atoms with van der Waals surface area (Å²) in [5, 5.41) is 12.1. The van der Waals surface area contributed by atoms with Gasteiger partial charge in [0.1, 0.15) is 36.1 Å². The lowest BCUT2D eigenvalue weighted by Crippen LogP contribution is -2.33. The number of fused-ring (bicyclic) bond motifs is 1. The van der Waals surface area contributed by atoms with Crippen LogP contribution in [0.15, 0.2) is 68.9 Å². The molecule has 43 heavy (non-hydrogen) atoms. The molecule has 2 aliphatic rings. The molecule has 1 saturated heterocycles. The second-order valence-electron chi connectivity index (χ2n) is 11.3. The van der Waals surface area contributed by atoms with Gasteiger partial charge in [0.25, 0.3) is 5.91 Å². The van der Waals surface area contributed by atoms with Crippen LogP contribution in [-0.4, -0.2) is 35.2 Å². The Hall–Kier alpha value is -4.01. The maximum Gasteiger partial charge on any atom is 0.283 e. The monoisotopic (exact) mass is 595 g/mol. The van der Waals surface area contributed by atoms with E-state index in [1.165, 1.54) is 5.56 Å². The molecule has 222 valence electrons. The molecule has 1 unspecified atom stereocenters. The van der Waals surface area contributed by atoms with E-state index in [-0.39, 0.29) is 6.04 Å². The van der Waals surface area contributed by atoms with Gasteiger partial charge < -0.3 is 19.0 Å². The standard InChI is InChI=1S/C35H36N2O5S/c1-21-22(2)33-31(23(3)32(21)41-19-26-9-6-5-7-10-26)29(24(4)42-33)18-37-16-8-11-27(37)20-40-28-14-12-25(13-15-28)17-30-34(38)36-35(39)43-30/h5-7,9-10,12-15,17,27H,8,11,16,18-20H2,1-4H3,(H,36,38,39)/p-1/b30-17+. The minimum absolute atomic E-state index is 0.284. The van der Waals surface area contributed by atoms with Crippen LogP contribution in [-0.2, 0) is 17.9 Å². The van der Waals surface area contributed by atoms with E-state index in [0.29, 0.717) is 18.1 Å². The van der Waals surface area contributed by atoms with Gasteiger partial charge in [0.15, 0.2) is 0 Å². The Kier molecular flexibility index (Phi) is 8.32. The smallest absolute Gasteiger partial charge is 0.283 e. The number of rotatable bonds is 9. The fraction of sp³-hybridized carbons (Fsp3) is 0.314. The predicted molar refractivity (Wildman–Crippen MR) is 169 cm³/mol. The Morgan fingerprint density at radius 2 is 1.79 bits per heavy atom. The van der Waals surface area contributed by atoms with Crippen molar-refractivity contribution in [1.82, 2.24) is 4.90 Å². The van der Waals surface area contributed by atoms with Crippen LogP contribution in [0.5, 0.6) is 11.5 Å². The molecule has 0 radical (unpaired) electrons. The lowest BCUT2D eigenvalue weighted by molar-refractivity contribution is -0.205. The second-order valence-corrected chi connectivity index (χ2v) is 12.3. The molecule has 1 aromatic heterocycles. The average molecular weight is 596 g/mol. The largest absolute Gasteiger partial charge is 0.853 e. The minimum Gasteiger partial charge on any atom is -0.853 e. The summed E-state index contributed by atoms with van der Waals surface area (Å²) in [5.74, 6) is 2.18. The Labute approximate surface area is 256 Å². The summed E-state index contributed by atoms with van der Waals surface area (Å²) in [6.45, 7) is 11.3. The zero-order valence-electron chi connectivity index (χ0n) is 24.9. The molecule has 1 amide bonds. The Balaban J connectivity index is 1.16. The van der Waals surface area contributed by atoms with Gasteiger partial charge >= 0.3 is 0 Å². The van der Waals surface area contributed by atoms with Crippen LogP contribution in [0.3, 0.4) is 0 Å². The number of amides is 1. The number of aryl methyl sites for hydroxylation is 3. The van der Waals surface area contributed by atoms with Crippen LogP contribution in [0.1, 0.15) is 52.0 Å². The van der Waals surface area contributed by atoms with Gasteiger partial charge in [-0.15, -0.1) is 0 Å². The van der Waals surface area contributed by atoms with E-state index < -0.39 is 11.1 Å². The summed E-state index contributed by atoms with van der Waals surface area (Å²) < 4.78 is 19.0. The fourth-order valence-electron chi connectivity index (χ4n) is 6.00. The molecule has 0 bridgehead atoms. The van der Waals surface area contributed by atoms with Crippen molar-refractivity contribution < 1.29 is 23.8 Å². The third-order valence-corrected chi connectivity index (χ3v) is 9.25. The van der Waals surface area contributed by atoms with Gasteiger partial charge in [0.2, 0.25) is 0 Å². The first-order chi connectivity index (χ1) is 20.8. The maximum absolute atomic E-state index is 11.8. The van der Waals surface area contributed by atoms with Crippen LogP contribution in [0.2, 0.25) is 0 Å². The predicted octanol–water partition coefficient (Wildman–Crippen LogP) is 6.62. The maximum atomic E-state index is 11.8. The number of hydrogen-bond acceptors (Lipinski definition) is 7. The van der Waals surface area contributed by atoms with Gasteiger partial charge in [-0.2, -0.15) is 0 Å². The zero-order chi connectivity index (χ0) is 30.1. The zero-order valence-corrected chi connectivity index (χ0v) is 25.8. The number of furan rings is 1. The number of aliphatic imine (C=N–C) groups is 1. The number of thioether (sulfide) groups is 1. The van der Waals surface area contributed by atoms with E-state index in [4.69, 9.17) is 13.9 Å². The van der Waals surface area contributed by atoms with Crippen molar-refractivity contribution in [3.63, 3.8) is 0 Å². The van der Waals surface area contributed by atoms with Crippen LogP contribution < -0.4 is 14.6 Å². The fourth-order valence-corrected chi connectivity index (χ4v) is 6.65. The molecule has 1 atom stereocenters. The highest BCUT2D eigenvalue weighted by Gasteiger charge is 2.29. The number of ether oxygens (including phenoxy) is 2. The molecular weight excluding hydrogens is 560 g/mol. The lowest BCUT2D eigenvalue weighted by Gasteiger charge is -2.25. The van der Waals surface area contributed by atoms with Crippen LogP contribution in [0.25, 0.3) is 17.0 Å². The summed E-state index contributed by atoms with van der Waals surface area (Å²) in [6, 6.07) is 18.1. The number of benzene rings is 3. The average Bonchev–Trinajstić information content (AvgIpc) is 3.68. The summed E-state index contributed by atoms with van der Waals surface area (Å²) in [7, 11) is 0. The topological polar surface area (TPSA) is 87.3 Å². The van der Waals surface area contributed by atoms with Gasteiger partial charge in [-0.25, -0.2) is 4.99 Å². The van der Waals surface area contributed by atoms with Gasteiger partial charge in [0, 0.05) is 34.3 Å². The molecule has 7 nitrogen and oxygen atoms in total. The highest BCUT2D eigenvalue weighted by Crippen LogP contribution is 2.40. The molecule has 0 saturated carbocycles. The van der Waals surface area contributed by atoms with Crippen molar-refractivity contribution in [2.45, 2.75) is 59.7 Å². The molecule has 0 aliphatic carbocycles. The van der Waals surface area contributed by atoms with Crippen molar-refractivity contribution in [3.8, 4) is 11.5 Å². The van der Waals surface area contributed by atoms with Crippen molar-refractivity contribution >= 4 is 39.9 Å². The minimum atomic E-state index is -0.478. The van der Waals surface area contributed by atoms with E-state index in [1.807, 2.05) is 42.5 Å². The summed E-state index contributed by atoms with van der Waals surface area (Å²) in [6.07, 6.45) is 3.87. The van der Waals surface area contributed by atoms with Gasteiger partial charge in [-0.05, 0) is 87.5 Å². The number of carbonyl (C=O) groups excluding carboxylic acids is 1. The van der Waals surface area contributed by atoms with E-state index in [9.17, 15) is 9.90 Å². The third kappa shape index (κ3) is 6.08. The number of carbonyl (C=O) groups is 1. The van der Waals surface area contributed by atoms with Crippen LogP contribution in [0, 0.1) is 27.7 Å². The Morgan fingerprint density at radius 3 is 2.51 bits per heavy atom. The molecule has 1 fully saturated rings. The molecule has 3 heterocycles. The number of nitrogens with zero attached hydrogens (tertiary/aromatic N) is 2. The van der Waals surface area contributed by atoms with Crippen molar-refractivity contribution in [2.24, 2.45) is 4.99 Å². The van der Waals surface area contributed by atoms with E-state index in [0.717, 1.165) is 93.7 Å². The first-order valence-electron chi connectivity index (χ1n) is 14.6. The first kappa shape index (κ1) is 29.1. The Bertz CT molecular complexity index is 1720. The molecule has 4 aromatic rings. The summed E-state index contributed by atoms with van der Waals surface area (Å²) in [5.41, 5.74) is 7.50. The summed E-state index contributed by atoms with van der Waals surface area (Å²) >= 11 is 0.863. The highest BCUT2D eigenvalue weighted by atomic mass is 32.2. The SMILES string of the molecule is Cc1oc2c(C)c(C)c(OCc3ccccc3)c(C)c2c1CN1CCCC1COc1ccc(/C=C2/SC([O-])=NC2=O)cc1. The molecule has 0 spiro atoms. The molecule has 8 heteroatoms. The molecular formula is C35H35N2O5S-.